The van der Waals surface area contributed by atoms with Crippen LogP contribution in [0.15, 0.2) is 48.5 Å². The molecule has 2 aromatic carbocycles. The van der Waals surface area contributed by atoms with Crippen molar-refractivity contribution in [2.75, 3.05) is 0 Å². The third-order valence-electron chi connectivity index (χ3n) is 3.66. The third-order valence-corrected chi connectivity index (χ3v) is 5.93. The van der Waals surface area contributed by atoms with Crippen LogP contribution < -0.4 is 0 Å². The van der Waals surface area contributed by atoms with Crippen molar-refractivity contribution in [1.29, 1.82) is 0 Å². The molecular formula is C16H12Cl4. The van der Waals surface area contributed by atoms with Gasteiger partial charge in [0.15, 0.2) is 0 Å². The summed E-state index contributed by atoms with van der Waals surface area (Å²) < 4.78 is 0. The van der Waals surface area contributed by atoms with E-state index in [4.69, 9.17) is 46.4 Å². The summed E-state index contributed by atoms with van der Waals surface area (Å²) in [5, 5.41) is -1.12. The van der Waals surface area contributed by atoms with Crippen LogP contribution in [0.2, 0.25) is 0 Å². The molecule has 0 aromatic heterocycles. The van der Waals surface area contributed by atoms with Crippen molar-refractivity contribution >= 4 is 46.4 Å². The topological polar surface area (TPSA) is 0 Å². The minimum atomic E-state index is -0.281. The zero-order chi connectivity index (χ0) is 14.3. The van der Waals surface area contributed by atoms with Crippen LogP contribution in [-0.4, -0.2) is 0 Å². The fourth-order valence-corrected chi connectivity index (χ4v) is 3.57. The van der Waals surface area contributed by atoms with E-state index in [1.165, 1.54) is 0 Å². The minimum absolute atomic E-state index is 0.281. The van der Waals surface area contributed by atoms with E-state index in [1.807, 2.05) is 48.5 Å². The number of hydrogen-bond donors (Lipinski definition) is 0. The summed E-state index contributed by atoms with van der Waals surface area (Å²) in [5.41, 5.74) is 3.93. The predicted octanol–water partition coefficient (Wildman–Crippen LogP) is 6.52. The normalized spacial score (nSPS) is 29.0. The van der Waals surface area contributed by atoms with Gasteiger partial charge in [-0.3, -0.25) is 0 Å². The number of hydrogen-bond acceptors (Lipinski definition) is 0. The molecule has 0 nitrogen and oxygen atoms in total. The molecule has 0 heterocycles. The second-order valence-electron chi connectivity index (χ2n) is 4.94. The van der Waals surface area contributed by atoms with E-state index in [0.717, 1.165) is 22.3 Å². The molecule has 0 saturated carbocycles. The quantitative estimate of drug-likeness (QED) is 0.477. The summed E-state index contributed by atoms with van der Waals surface area (Å²) in [7, 11) is 0. The molecule has 0 spiro atoms. The number of benzene rings is 2. The molecule has 0 radical (unpaired) electrons. The second-order valence-corrected chi connectivity index (χ2v) is 6.82. The Labute approximate surface area is 138 Å². The molecule has 0 fully saturated rings. The third kappa shape index (κ3) is 2.55. The molecule has 0 N–H and O–H groups in total. The van der Waals surface area contributed by atoms with Crippen molar-refractivity contribution < 1.29 is 0 Å². The highest BCUT2D eigenvalue weighted by Gasteiger charge is 2.25. The Kier molecular flexibility index (Phi) is 4.19. The molecular weight excluding hydrogens is 334 g/mol. The van der Waals surface area contributed by atoms with Crippen LogP contribution in [0.1, 0.15) is 43.8 Å². The van der Waals surface area contributed by atoms with Crippen molar-refractivity contribution in [2.45, 2.75) is 21.5 Å². The predicted molar refractivity (Wildman–Crippen MR) is 87.3 cm³/mol. The van der Waals surface area contributed by atoms with Gasteiger partial charge in [0.2, 0.25) is 0 Å². The first-order chi connectivity index (χ1) is 9.58. The van der Waals surface area contributed by atoms with Gasteiger partial charge in [-0.1, -0.05) is 48.5 Å². The summed E-state index contributed by atoms with van der Waals surface area (Å²) in [6, 6.07) is 15.7. The monoisotopic (exact) mass is 344 g/mol. The van der Waals surface area contributed by atoms with E-state index >= 15 is 0 Å². The highest BCUT2D eigenvalue weighted by molar-refractivity contribution is 6.31. The van der Waals surface area contributed by atoms with Gasteiger partial charge in [-0.2, -0.15) is 0 Å². The summed E-state index contributed by atoms with van der Waals surface area (Å²) in [6.07, 6.45) is 0. The molecule has 2 aromatic rings. The summed E-state index contributed by atoms with van der Waals surface area (Å²) in [5.74, 6) is 0. The van der Waals surface area contributed by atoms with Gasteiger partial charge in [0.25, 0.3) is 0 Å². The van der Waals surface area contributed by atoms with Crippen LogP contribution in [0.3, 0.4) is 0 Å². The van der Waals surface area contributed by atoms with E-state index in [2.05, 4.69) is 0 Å². The standard InChI is InChI=1S/C16H12Cl4/c17-13-9-1-2-10(4-3-9)14(18)16(20)12-7-5-11(6-8-12)15(13)19/h1-8,13-16H. The van der Waals surface area contributed by atoms with Crippen molar-refractivity contribution in [3.63, 3.8) is 0 Å². The zero-order valence-electron chi connectivity index (χ0n) is 10.4. The molecule has 0 saturated heterocycles. The lowest BCUT2D eigenvalue weighted by molar-refractivity contribution is 0.849. The zero-order valence-corrected chi connectivity index (χ0v) is 13.5. The molecule has 4 atom stereocenters. The van der Waals surface area contributed by atoms with Crippen molar-refractivity contribution in [1.82, 2.24) is 0 Å². The Hall–Kier alpha value is -0.400. The molecule has 0 amide bonds. The molecule has 6 rings (SSSR count). The Morgan fingerprint density at radius 2 is 0.550 bits per heavy atom. The molecule has 4 unspecified atom stereocenters. The average Bonchev–Trinajstić information content (AvgIpc) is 2.51. The maximum Gasteiger partial charge on any atom is 0.0790 e. The van der Waals surface area contributed by atoms with Gasteiger partial charge < -0.3 is 0 Å². The largest absolute Gasteiger partial charge is 0.116 e. The summed E-state index contributed by atoms with van der Waals surface area (Å²) in [4.78, 5) is 0. The highest BCUT2D eigenvalue weighted by atomic mass is 35.5. The molecule has 0 aliphatic heterocycles. The highest BCUT2D eigenvalue weighted by Crippen LogP contribution is 2.44. The van der Waals surface area contributed by atoms with E-state index in [1.54, 1.807) is 0 Å². The first-order valence-corrected chi connectivity index (χ1v) is 8.08. The average molecular weight is 346 g/mol. The van der Waals surface area contributed by atoms with Gasteiger partial charge in [0.1, 0.15) is 0 Å². The van der Waals surface area contributed by atoms with Crippen molar-refractivity contribution in [2.24, 2.45) is 0 Å². The molecule has 4 heteroatoms. The van der Waals surface area contributed by atoms with Crippen LogP contribution in [0.5, 0.6) is 0 Å². The molecule has 4 aliphatic rings. The number of alkyl halides is 4. The minimum Gasteiger partial charge on any atom is -0.116 e. The molecule has 4 bridgehead atoms. The summed E-state index contributed by atoms with van der Waals surface area (Å²) in [6.45, 7) is 0. The number of halogens is 4. The van der Waals surface area contributed by atoms with E-state index in [-0.39, 0.29) is 21.5 Å². The van der Waals surface area contributed by atoms with E-state index in [9.17, 15) is 0 Å². The lowest BCUT2D eigenvalue weighted by atomic mass is 9.96. The van der Waals surface area contributed by atoms with Crippen molar-refractivity contribution in [3.8, 4) is 0 Å². The summed E-state index contributed by atoms with van der Waals surface area (Å²) >= 11 is 25.9. The van der Waals surface area contributed by atoms with Crippen molar-refractivity contribution in [3.05, 3.63) is 70.8 Å². The first-order valence-electron chi connectivity index (χ1n) is 6.34. The lowest BCUT2D eigenvalue weighted by Gasteiger charge is -2.22. The van der Waals surface area contributed by atoms with Crippen LogP contribution in [0, 0.1) is 0 Å². The van der Waals surface area contributed by atoms with E-state index in [0.29, 0.717) is 0 Å². The van der Waals surface area contributed by atoms with Crippen LogP contribution >= 0.6 is 46.4 Å². The first kappa shape index (κ1) is 14.5. The Balaban J connectivity index is 2.15. The SMILES string of the molecule is ClC1c2ccc(cc2)C(Cl)C(Cl)c2ccc(cc2)C1Cl. The Morgan fingerprint density at radius 3 is 0.700 bits per heavy atom. The molecule has 4 aliphatic carbocycles. The Bertz CT molecular complexity index is 481. The van der Waals surface area contributed by atoms with Crippen LogP contribution in [0.25, 0.3) is 0 Å². The maximum atomic E-state index is 6.48. The van der Waals surface area contributed by atoms with Gasteiger partial charge in [-0.15, -0.1) is 46.4 Å². The Morgan fingerprint density at radius 1 is 0.400 bits per heavy atom. The van der Waals surface area contributed by atoms with E-state index < -0.39 is 0 Å². The smallest absolute Gasteiger partial charge is 0.0790 e. The van der Waals surface area contributed by atoms with Crippen LogP contribution in [-0.2, 0) is 0 Å². The van der Waals surface area contributed by atoms with Crippen LogP contribution in [0.4, 0.5) is 0 Å². The van der Waals surface area contributed by atoms with Gasteiger partial charge in [-0.25, -0.2) is 0 Å². The van der Waals surface area contributed by atoms with Gasteiger partial charge >= 0.3 is 0 Å². The van der Waals surface area contributed by atoms with Gasteiger partial charge in [-0.05, 0) is 22.3 Å². The fraction of sp³-hybridized carbons (Fsp3) is 0.250. The fourth-order valence-electron chi connectivity index (χ4n) is 2.40. The molecule has 104 valence electrons. The van der Waals surface area contributed by atoms with Gasteiger partial charge in [0.05, 0.1) is 21.5 Å². The maximum absolute atomic E-state index is 6.48. The van der Waals surface area contributed by atoms with Gasteiger partial charge in [0, 0.05) is 0 Å². The number of rotatable bonds is 0. The molecule has 20 heavy (non-hydrogen) atoms. The lowest BCUT2D eigenvalue weighted by Crippen LogP contribution is -2.05. The second kappa shape index (κ2) is 5.77.